The number of rotatable bonds is 2. The summed E-state index contributed by atoms with van der Waals surface area (Å²) in [4.78, 5) is 0. The second-order valence-corrected chi connectivity index (χ2v) is 15.2. The lowest BCUT2D eigenvalue weighted by Crippen LogP contribution is -1.91. The molecule has 13 rings (SSSR count). The highest BCUT2D eigenvalue weighted by molar-refractivity contribution is 6.29. The van der Waals surface area contributed by atoms with Crippen LogP contribution in [0.4, 0.5) is 0 Å². The minimum absolute atomic E-state index is 0.898. The summed E-state index contributed by atoms with van der Waals surface area (Å²) in [5.41, 5.74) is 6.60. The van der Waals surface area contributed by atoms with Gasteiger partial charge < -0.3 is 4.42 Å². The smallest absolute Gasteiger partial charge is 0.136 e. The Morgan fingerprint density at radius 2 is 0.836 bits per heavy atom. The minimum Gasteiger partial charge on any atom is -0.456 e. The molecule has 0 N–H and O–H groups in total. The van der Waals surface area contributed by atoms with Gasteiger partial charge in [0.1, 0.15) is 11.2 Å². The second-order valence-electron chi connectivity index (χ2n) is 15.2. The van der Waals surface area contributed by atoms with E-state index >= 15 is 0 Å². The van der Waals surface area contributed by atoms with Gasteiger partial charge >= 0.3 is 0 Å². The zero-order valence-corrected chi connectivity index (χ0v) is 29.7. The summed E-state index contributed by atoms with van der Waals surface area (Å²) in [7, 11) is 0. The molecule has 55 heavy (non-hydrogen) atoms. The maximum atomic E-state index is 6.99. The summed E-state index contributed by atoms with van der Waals surface area (Å²) in [6, 6.07) is 67.5. The molecule has 0 bridgehead atoms. The van der Waals surface area contributed by atoms with Crippen LogP contribution in [-0.4, -0.2) is 0 Å². The van der Waals surface area contributed by atoms with Gasteiger partial charge in [-0.25, -0.2) is 0 Å². The third-order valence-corrected chi connectivity index (χ3v) is 12.3. The first kappa shape index (κ1) is 29.3. The van der Waals surface area contributed by atoms with Crippen molar-refractivity contribution in [3.63, 3.8) is 0 Å². The lowest BCUT2D eigenvalue weighted by atomic mass is 9.84. The molecule has 0 unspecified atom stereocenters. The Morgan fingerprint density at radius 1 is 0.255 bits per heavy atom. The van der Waals surface area contributed by atoms with Crippen molar-refractivity contribution in [3.05, 3.63) is 182 Å². The van der Waals surface area contributed by atoms with Gasteiger partial charge in [-0.15, -0.1) is 0 Å². The molecular formula is C54H30O. The van der Waals surface area contributed by atoms with Gasteiger partial charge in [0.25, 0.3) is 0 Å². The van der Waals surface area contributed by atoms with Crippen molar-refractivity contribution in [2.75, 3.05) is 0 Å². The van der Waals surface area contributed by atoms with Crippen LogP contribution in [0.1, 0.15) is 0 Å². The Kier molecular flexibility index (Phi) is 5.69. The van der Waals surface area contributed by atoms with E-state index in [1.54, 1.807) is 0 Å². The van der Waals surface area contributed by atoms with Crippen LogP contribution in [0, 0.1) is 0 Å². The van der Waals surface area contributed by atoms with Gasteiger partial charge in [-0.2, -0.15) is 0 Å². The summed E-state index contributed by atoms with van der Waals surface area (Å²) in [6.07, 6.45) is 0. The minimum atomic E-state index is 0.898. The monoisotopic (exact) mass is 694 g/mol. The van der Waals surface area contributed by atoms with Gasteiger partial charge in [0, 0.05) is 10.8 Å². The molecule has 0 aliphatic rings. The summed E-state index contributed by atoms with van der Waals surface area (Å²) in [5.74, 6) is 0. The van der Waals surface area contributed by atoms with Crippen molar-refractivity contribution < 1.29 is 4.42 Å². The van der Waals surface area contributed by atoms with Crippen molar-refractivity contribution in [2.45, 2.75) is 0 Å². The highest BCUT2D eigenvalue weighted by Gasteiger charge is 2.22. The summed E-state index contributed by atoms with van der Waals surface area (Å²) in [5, 5.41) is 22.4. The molecule has 1 heteroatoms. The number of fused-ring (bicyclic) bond motifs is 10. The quantitative estimate of drug-likeness (QED) is 0.130. The van der Waals surface area contributed by atoms with Crippen molar-refractivity contribution in [2.24, 2.45) is 0 Å². The average Bonchev–Trinajstić information content (AvgIpc) is 3.60. The van der Waals surface area contributed by atoms with E-state index in [1.165, 1.54) is 103 Å². The van der Waals surface area contributed by atoms with Crippen LogP contribution >= 0.6 is 0 Å². The zero-order valence-electron chi connectivity index (χ0n) is 29.7. The molecule has 0 atom stereocenters. The fourth-order valence-electron chi connectivity index (χ4n) is 9.87. The standard InChI is InChI=1S/C54H30O/c1-2-11-37-29-48-47(26-36(37)10-1)54-46(42-23-21-35-18-17-33-12-7-13-34-22-25-43(42)51(35)50(33)34)28-39(30-49(54)55-48)53-44-24-20-31-8-3-5-14-40(31)45(44)27-38-19-16-32-9-4-6-15-41(32)52(38)53/h1-30H. The molecule has 0 saturated carbocycles. The van der Waals surface area contributed by atoms with Crippen molar-refractivity contribution >= 4 is 108 Å². The highest BCUT2D eigenvalue weighted by Crippen LogP contribution is 2.48. The van der Waals surface area contributed by atoms with E-state index in [0.29, 0.717) is 0 Å². The molecule has 0 spiro atoms. The molecule has 0 aliphatic carbocycles. The van der Waals surface area contributed by atoms with Gasteiger partial charge in [0.05, 0.1) is 0 Å². The molecule has 12 aromatic carbocycles. The summed E-state index contributed by atoms with van der Waals surface area (Å²) in [6.45, 7) is 0. The van der Waals surface area contributed by atoms with Crippen molar-refractivity contribution in [3.8, 4) is 22.3 Å². The van der Waals surface area contributed by atoms with E-state index in [9.17, 15) is 0 Å². The Balaban J connectivity index is 1.24. The molecule has 252 valence electrons. The zero-order chi connectivity index (χ0) is 35.8. The molecule has 0 amide bonds. The fraction of sp³-hybridized carbons (Fsp3) is 0. The molecule has 13 aromatic rings. The van der Waals surface area contributed by atoms with E-state index in [-0.39, 0.29) is 0 Å². The third kappa shape index (κ3) is 4.02. The van der Waals surface area contributed by atoms with Gasteiger partial charge in [0.2, 0.25) is 0 Å². The van der Waals surface area contributed by atoms with Crippen molar-refractivity contribution in [1.29, 1.82) is 0 Å². The molecule has 0 fully saturated rings. The SMILES string of the molecule is c1ccc2cc3c(cc2c1)oc1cc(-c2c4ccc5ccccc5c4cc4ccc5ccccc5c24)cc(-c2ccc4ccc5cccc6ccc2c4c56)c13. The maximum absolute atomic E-state index is 6.99. The van der Waals surface area contributed by atoms with Crippen LogP contribution in [0.25, 0.3) is 130 Å². The van der Waals surface area contributed by atoms with E-state index in [2.05, 4.69) is 182 Å². The predicted molar refractivity (Wildman–Crippen MR) is 236 cm³/mol. The first-order valence-corrected chi connectivity index (χ1v) is 19.1. The lowest BCUT2D eigenvalue weighted by Gasteiger charge is -2.18. The second kappa shape index (κ2) is 10.7. The molecule has 1 heterocycles. The number of hydrogen-bond acceptors (Lipinski definition) is 1. The third-order valence-electron chi connectivity index (χ3n) is 12.3. The largest absolute Gasteiger partial charge is 0.456 e. The Hall–Kier alpha value is -7.22. The van der Waals surface area contributed by atoms with E-state index in [4.69, 9.17) is 4.42 Å². The number of benzene rings is 12. The fourth-order valence-corrected chi connectivity index (χ4v) is 9.87. The molecular weight excluding hydrogens is 665 g/mol. The molecule has 0 radical (unpaired) electrons. The normalized spacial score (nSPS) is 12.4. The van der Waals surface area contributed by atoms with E-state index in [0.717, 1.165) is 27.5 Å². The number of furan rings is 1. The first-order chi connectivity index (χ1) is 27.2. The molecule has 0 aliphatic heterocycles. The van der Waals surface area contributed by atoms with Gasteiger partial charge in [-0.05, 0) is 139 Å². The van der Waals surface area contributed by atoms with Gasteiger partial charge in [-0.3, -0.25) is 0 Å². The number of hydrogen-bond donors (Lipinski definition) is 0. The highest BCUT2D eigenvalue weighted by atomic mass is 16.3. The van der Waals surface area contributed by atoms with Crippen LogP contribution in [0.5, 0.6) is 0 Å². The van der Waals surface area contributed by atoms with Crippen molar-refractivity contribution in [1.82, 2.24) is 0 Å². The van der Waals surface area contributed by atoms with Crippen LogP contribution in [-0.2, 0) is 0 Å². The average molecular weight is 695 g/mol. The molecule has 1 nitrogen and oxygen atoms in total. The van der Waals surface area contributed by atoms with Crippen LogP contribution in [0.2, 0.25) is 0 Å². The molecule has 0 saturated heterocycles. The van der Waals surface area contributed by atoms with Gasteiger partial charge in [-0.1, -0.05) is 152 Å². The van der Waals surface area contributed by atoms with Crippen LogP contribution in [0.3, 0.4) is 0 Å². The predicted octanol–water partition coefficient (Wildman–Crippen LogP) is 15.6. The Labute approximate surface area is 315 Å². The summed E-state index contributed by atoms with van der Waals surface area (Å²) >= 11 is 0. The van der Waals surface area contributed by atoms with E-state index < -0.39 is 0 Å². The first-order valence-electron chi connectivity index (χ1n) is 19.1. The van der Waals surface area contributed by atoms with Crippen LogP contribution < -0.4 is 0 Å². The lowest BCUT2D eigenvalue weighted by molar-refractivity contribution is 0.669. The van der Waals surface area contributed by atoms with E-state index in [1.807, 2.05) is 0 Å². The Morgan fingerprint density at radius 3 is 1.67 bits per heavy atom. The Bertz CT molecular complexity index is 3750. The summed E-state index contributed by atoms with van der Waals surface area (Å²) < 4.78 is 6.99. The van der Waals surface area contributed by atoms with Gasteiger partial charge in [0.15, 0.2) is 0 Å². The molecule has 1 aromatic heterocycles. The van der Waals surface area contributed by atoms with Crippen LogP contribution in [0.15, 0.2) is 186 Å². The maximum Gasteiger partial charge on any atom is 0.136 e. The topological polar surface area (TPSA) is 13.1 Å².